The Kier molecular flexibility index (Phi) is 11.8. The zero-order valence-corrected chi connectivity index (χ0v) is 18.2. The highest BCUT2D eigenvalue weighted by Gasteiger charge is 2.03. The largest absolute Gasteiger partial charge is 0.494 e. The van der Waals surface area contributed by atoms with Gasteiger partial charge in [0, 0.05) is 18.0 Å². The number of aryl methyl sites for hydroxylation is 1. The van der Waals surface area contributed by atoms with Crippen molar-refractivity contribution in [3.8, 4) is 17.1 Å². The number of allylic oxidation sites excluding steroid dienone is 1. The molecule has 0 atom stereocenters. The first kappa shape index (κ1) is 23.1. The summed E-state index contributed by atoms with van der Waals surface area (Å²) in [5.74, 6) is 1.68. The van der Waals surface area contributed by atoms with Crippen molar-refractivity contribution < 1.29 is 4.74 Å². The molecule has 1 heterocycles. The van der Waals surface area contributed by atoms with E-state index in [-0.39, 0.29) is 0 Å². The predicted molar refractivity (Wildman–Crippen MR) is 123 cm³/mol. The first-order valence-electron chi connectivity index (χ1n) is 11.5. The van der Waals surface area contributed by atoms with Gasteiger partial charge in [-0.3, -0.25) is 0 Å². The Morgan fingerprint density at radius 1 is 0.828 bits per heavy atom. The van der Waals surface area contributed by atoms with Crippen LogP contribution in [0.5, 0.6) is 5.75 Å². The zero-order valence-electron chi connectivity index (χ0n) is 18.2. The summed E-state index contributed by atoms with van der Waals surface area (Å²) in [6, 6.07) is 8.07. The van der Waals surface area contributed by atoms with Gasteiger partial charge in [-0.2, -0.15) is 0 Å². The number of ether oxygens (including phenoxy) is 1. The van der Waals surface area contributed by atoms with Crippen molar-refractivity contribution in [3.63, 3.8) is 0 Å². The average Bonchev–Trinajstić information content (AvgIpc) is 2.76. The van der Waals surface area contributed by atoms with Gasteiger partial charge < -0.3 is 4.74 Å². The van der Waals surface area contributed by atoms with E-state index in [4.69, 9.17) is 4.74 Å². The summed E-state index contributed by atoms with van der Waals surface area (Å²) in [4.78, 5) is 9.12. The normalized spacial score (nSPS) is 10.8. The lowest BCUT2D eigenvalue weighted by atomic mass is 10.1. The van der Waals surface area contributed by atoms with Gasteiger partial charge >= 0.3 is 0 Å². The van der Waals surface area contributed by atoms with Crippen LogP contribution in [-0.2, 0) is 6.42 Å². The topological polar surface area (TPSA) is 35.0 Å². The number of hydrogen-bond donors (Lipinski definition) is 0. The van der Waals surface area contributed by atoms with Gasteiger partial charge in [0.25, 0.3) is 0 Å². The summed E-state index contributed by atoms with van der Waals surface area (Å²) in [6.07, 6.45) is 21.0. The molecule has 0 amide bonds. The first-order chi connectivity index (χ1) is 14.3. The third-order valence-electron chi connectivity index (χ3n) is 5.21. The van der Waals surface area contributed by atoms with Crippen molar-refractivity contribution in [2.75, 3.05) is 6.61 Å². The van der Waals surface area contributed by atoms with Crippen LogP contribution < -0.4 is 4.74 Å². The highest BCUT2D eigenvalue weighted by molar-refractivity contribution is 5.55. The molecule has 2 rings (SSSR count). The minimum atomic E-state index is 0.747. The molecule has 158 valence electrons. The molecule has 0 bridgehead atoms. The molecule has 29 heavy (non-hydrogen) atoms. The van der Waals surface area contributed by atoms with Crippen molar-refractivity contribution in [2.45, 2.75) is 84.0 Å². The molecule has 0 aliphatic heterocycles. The second-order valence-electron chi connectivity index (χ2n) is 7.80. The van der Waals surface area contributed by atoms with Crippen LogP contribution in [0.4, 0.5) is 0 Å². The van der Waals surface area contributed by atoms with Crippen molar-refractivity contribution in [1.82, 2.24) is 9.97 Å². The molecule has 2 aromatic rings. The molecule has 0 spiro atoms. The molecule has 0 unspecified atom stereocenters. The van der Waals surface area contributed by atoms with E-state index in [1.807, 2.05) is 42.7 Å². The van der Waals surface area contributed by atoms with Crippen LogP contribution in [0.2, 0.25) is 0 Å². The molecular weight excluding hydrogens is 356 g/mol. The molecule has 3 heteroatoms. The van der Waals surface area contributed by atoms with Gasteiger partial charge in [0.2, 0.25) is 0 Å². The maximum Gasteiger partial charge on any atom is 0.159 e. The minimum absolute atomic E-state index is 0.747. The van der Waals surface area contributed by atoms with E-state index in [1.54, 1.807) is 0 Å². The van der Waals surface area contributed by atoms with Crippen molar-refractivity contribution >= 4 is 0 Å². The van der Waals surface area contributed by atoms with Gasteiger partial charge in [0.15, 0.2) is 5.82 Å². The van der Waals surface area contributed by atoms with E-state index in [2.05, 4.69) is 23.5 Å². The van der Waals surface area contributed by atoms with Crippen molar-refractivity contribution in [1.29, 1.82) is 0 Å². The summed E-state index contributed by atoms with van der Waals surface area (Å²) in [7, 11) is 0. The van der Waals surface area contributed by atoms with Crippen LogP contribution >= 0.6 is 0 Å². The monoisotopic (exact) mass is 394 g/mol. The number of unbranched alkanes of at least 4 members (excludes halogenated alkanes) is 9. The molecule has 1 aromatic heterocycles. The van der Waals surface area contributed by atoms with Crippen LogP contribution in [-0.4, -0.2) is 16.6 Å². The molecule has 0 saturated carbocycles. The second-order valence-corrected chi connectivity index (χ2v) is 7.80. The molecule has 3 nitrogen and oxygen atoms in total. The SMILES string of the molecule is C=CCCCCOc1ccc(-c2ncc(CCCCCCCCCC)cn2)cc1. The quantitative estimate of drug-likeness (QED) is 0.218. The summed E-state index contributed by atoms with van der Waals surface area (Å²) in [5.41, 5.74) is 2.27. The Morgan fingerprint density at radius 3 is 2.14 bits per heavy atom. The highest BCUT2D eigenvalue weighted by Crippen LogP contribution is 2.20. The molecule has 0 aliphatic rings. The summed E-state index contributed by atoms with van der Waals surface area (Å²) in [5, 5.41) is 0. The maximum atomic E-state index is 5.78. The number of hydrogen-bond acceptors (Lipinski definition) is 3. The fourth-order valence-electron chi connectivity index (χ4n) is 3.38. The van der Waals surface area contributed by atoms with Crippen LogP contribution in [0.3, 0.4) is 0 Å². The fourth-order valence-corrected chi connectivity index (χ4v) is 3.38. The van der Waals surface area contributed by atoms with Crippen LogP contribution in [0.15, 0.2) is 49.3 Å². The van der Waals surface area contributed by atoms with Crippen molar-refractivity contribution in [3.05, 3.63) is 54.9 Å². The predicted octanol–water partition coefficient (Wildman–Crippen LogP) is 7.56. The van der Waals surface area contributed by atoms with E-state index >= 15 is 0 Å². The molecule has 0 radical (unpaired) electrons. The average molecular weight is 395 g/mol. The van der Waals surface area contributed by atoms with E-state index in [0.717, 1.165) is 49.4 Å². The lowest BCUT2D eigenvalue weighted by Gasteiger charge is -2.07. The van der Waals surface area contributed by atoms with Crippen LogP contribution in [0, 0.1) is 0 Å². The first-order valence-corrected chi connectivity index (χ1v) is 11.5. The van der Waals surface area contributed by atoms with Gasteiger partial charge in [-0.15, -0.1) is 6.58 Å². The summed E-state index contributed by atoms with van der Waals surface area (Å²) in [6.45, 7) is 6.76. The van der Waals surface area contributed by atoms with Gasteiger partial charge in [0.05, 0.1) is 6.61 Å². The Bertz CT molecular complexity index is 664. The van der Waals surface area contributed by atoms with Crippen LogP contribution in [0.25, 0.3) is 11.4 Å². The van der Waals surface area contributed by atoms with Gasteiger partial charge in [-0.1, -0.05) is 57.9 Å². The van der Waals surface area contributed by atoms with Crippen molar-refractivity contribution in [2.24, 2.45) is 0 Å². The summed E-state index contributed by atoms with van der Waals surface area (Å²) >= 11 is 0. The van der Waals surface area contributed by atoms with E-state index < -0.39 is 0 Å². The third kappa shape index (κ3) is 9.74. The van der Waals surface area contributed by atoms with E-state index in [1.165, 1.54) is 56.9 Å². The molecule has 0 N–H and O–H groups in total. The molecule has 0 fully saturated rings. The smallest absolute Gasteiger partial charge is 0.159 e. The second kappa shape index (κ2) is 14.8. The lowest BCUT2D eigenvalue weighted by Crippen LogP contribution is -1.97. The molecule has 1 aromatic carbocycles. The highest BCUT2D eigenvalue weighted by atomic mass is 16.5. The third-order valence-corrected chi connectivity index (χ3v) is 5.21. The number of rotatable bonds is 16. The Labute approximate surface area is 177 Å². The zero-order chi connectivity index (χ0) is 20.6. The standard InChI is InChI=1S/C26H38N2O/c1-3-5-7-9-10-11-12-13-15-23-21-27-26(28-22-23)24-16-18-25(19-17-24)29-20-14-8-6-4-2/h4,16-19,21-22H,2-3,5-15,20H2,1H3. The van der Waals surface area contributed by atoms with Crippen LogP contribution in [0.1, 0.15) is 83.1 Å². The van der Waals surface area contributed by atoms with Gasteiger partial charge in [-0.25, -0.2) is 9.97 Å². The molecular formula is C26H38N2O. The Hall–Kier alpha value is -2.16. The van der Waals surface area contributed by atoms with E-state index in [0.29, 0.717) is 0 Å². The Balaban J connectivity index is 1.67. The van der Waals surface area contributed by atoms with E-state index in [9.17, 15) is 0 Å². The number of benzene rings is 1. The maximum absolute atomic E-state index is 5.78. The summed E-state index contributed by atoms with van der Waals surface area (Å²) < 4.78 is 5.78. The Morgan fingerprint density at radius 2 is 1.48 bits per heavy atom. The lowest BCUT2D eigenvalue weighted by molar-refractivity contribution is 0.307. The number of nitrogens with zero attached hydrogens (tertiary/aromatic N) is 2. The fraction of sp³-hybridized carbons (Fsp3) is 0.538. The van der Waals surface area contributed by atoms with Gasteiger partial charge in [-0.05, 0) is 61.9 Å². The molecule has 0 saturated heterocycles. The molecule has 0 aliphatic carbocycles. The van der Waals surface area contributed by atoms with Gasteiger partial charge in [0.1, 0.15) is 5.75 Å². The minimum Gasteiger partial charge on any atom is -0.494 e. The number of aromatic nitrogens is 2.